The topological polar surface area (TPSA) is 46.0 Å². The van der Waals surface area contributed by atoms with E-state index in [1.165, 1.54) is 0 Å². The molecule has 0 bridgehead atoms. The van der Waals surface area contributed by atoms with Crippen LogP contribution in [0.5, 0.6) is 0 Å². The summed E-state index contributed by atoms with van der Waals surface area (Å²) >= 11 is 4.87. The van der Waals surface area contributed by atoms with Crippen LogP contribution in [0.1, 0.15) is 20.3 Å². The second kappa shape index (κ2) is 5.34. The van der Waals surface area contributed by atoms with Crippen LogP contribution in [0.15, 0.2) is 8.68 Å². The van der Waals surface area contributed by atoms with Gasteiger partial charge < -0.3 is 5.11 Å². The van der Waals surface area contributed by atoms with Crippen LogP contribution in [0.25, 0.3) is 0 Å². The standard InChI is InChI=1S/C8H14N2OS3/c1-8(2,11)4-5-13-7-10-9-6(12-3)14-7/h11H,4-5H2,1-3H3. The van der Waals surface area contributed by atoms with Gasteiger partial charge in [0.05, 0.1) is 5.60 Å². The van der Waals surface area contributed by atoms with E-state index in [-0.39, 0.29) is 0 Å². The molecule has 0 atom stereocenters. The van der Waals surface area contributed by atoms with E-state index in [1.54, 1.807) is 34.9 Å². The average molecular weight is 250 g/mol. The first-order chi connectivity index (χ1) is 6.51. The lowest BCUT2D eigenvalue weighted by Gasteiger charge is -2.15. The molecule has 0 fully saturated rings. The number of aliphatic hydroxyl groups is 1. The molecule has 6 heteroatoms. The lowest BCUT2D eigenvalue weighted by atomic mass is 10.1. The van der Waals surface area contributed by atoms with E-state index in [9.17, 15) is 5.11 Å². The second-order valence-electron chi connectivity index (χ2n) is 3.45. The highest BCUT2D eigenvalue weighted by atomic mass is 32.2. The SMILES string of the molecule is CSc1nnc(SCCC(C)(C)O)s1. The van der Waals surface area contributed by atoms with Gasteiger partial charge in [-0.25, -0.2) is 0 Å². The monoisotopic (exact) mass is 250 g/mol. The molecule has 0 radical (unpaired) electrons. The fourth-order valence-electron chi connectivity index (χ4n) is 0.726. The van der Waals surface area contributed by atoms with Crippen molar-refractivity contribution < 1.29 is 5.11 Å². The minimum Gasteiger partial charge on any atom is -0.390 e. The minimum absolute atomic E-state index is 0.583. The molecule has 1 rings (SSSR count). The van der Waals surface area contributed by atoms with Crippen molar-refractivity contribution in [2.24, 2.45) is 0 Å². The van der Waals surface area contributed by atoms with Crippen molar-refractivity contribution >= 4 is 34.9 Å². The highest BCUT2D eigenvalue weighted by Crippen LogP contribution is 2.28. The van der Waals surface area contributed by atoms with Crippen LogP contribution < -0.4 is 0 Å². The van der Waals surface area contributed by atoms with E-state index in [2.05, 4.69) is 10.2 Å². The molecule has 0 aromatic carbocycles. The molecular weight excluding hydrogens is 236 g/mol. The molecule has 0 spiro atoms. The van der Waals surface area contributed by atoms with Crippen molar-refractivity contribution in [1.29, 1.82) is 0 Å². The molecule has 14 heavy (non-hydrogen) atoms. The lowest BCUT2D eigenvalue weighted by Crippen LogP contribution is -2.18. The molecule has 0 aliphatic rings. The lowest BCUT2D eigenvalue weighted by molar-refractivity contribution is 0.0777. The Morgan fingerprint density at radius 2 is 2.00 bits per heavy atom. The summed E-state index contributed by atoms with van der Waals surface area (Å²) in [7, 11) is 0. The molecule has 1 heterocycles. The summed E-state index contributed by atoms with van der Waals surface area (Å²) in [6.07, 6.45) is 2.76. The van der Waals surface area contributed by atoms with Gasteiger partial charge in [-0.05, 0) is 26.5 Å². The Hall–Kier alpha value is 0.220. The van der Waals surface area contributed by atoms with Crippen LogP contribution in [0.3, 0.4) is 0 Å². The zero-order valence-electron chi connectivity index (χ0n) is 8.48. The summed E-state index contributed by atoms with van der Waals surface area (Å²) < 4.78 is 1.98. The van der Waals surface area contributed by atoms with Crippen molar-refractivity contribution in [1.82, 2.24) is 10.2 Å². The van der Waals surface area contributed by atoms with E-state index >= 15 is 0 Å². The second-order valence-corrected chi connectivity index (χ2v) is 6.82. The van der Waals surface area contributed by atoms with E-state index < -0.39 is 5.60 Å². The number of thioether (sulfide) groups is 2. The summed E-state index contributed by atoms with van der Waals surface area (Å²) in [4.78, 5) is 0. The zero-order chi connectivity index (χ0) is 10.6. The Bertz CT molecular complexity index is 282. The van der Waals surface area contributed by atoms with Gasteiger partial charge >= 0.3 is 0 Å². The number of hydrogen-bond acceptors (Lipinski definition) is 6. The predicted molar refractivity (Wildman–Crippen MR) is 63.3 cm³/mol. The van der Waals surface area contributed by atoms with Gasteiger partial charge in [-0.15, -0.1) is 10.2 Å². The Kier molecular flexibility index (Phi) is 4.69. The zero-order valence-corrected chi connectivity index (χ0v) is 10.9. The van der Waals surface area contributed by atoms with Crippen LogP contribution in [0.4, 0.5) is 0 Å². The molecule has 0 unspecified atom stereocenters. The van der Waals surface area contributed by atoms with E-state index in [0.717, 1.165) is 20.9 Å². The van der Waals surface area contributed by atoms with Gasteiger partial charge in [-0.3, -0.25) is 0 Å². The van der Waals surface area contributed by atoms with Gasteiger partial charge in [0.2, 0.25) is 0 Å². The predicted octanol–water partition coefficient (Wildman–Crippen LogP) is 2.51. The summed E-state index contributed by atoms with van der Waals surface area (Å²) in [6.45, 7) is 3.64. The van der Waals surface area contributed by atoms with Crippen molar-refractivity contribution in [3.8, 4) is 0 Å². The molecule has 0 saturated heterocycles. The van der Waals surface area contributed by atoms with Crippen molar-refractivity contribution in [3.05, 3.63) is 0 Å². The number of nitrogens with zero attached hydrogens (tertiary/aromatic N) is 2. The minimum atomic E-state index is -0.583. The van der Waals surface area contributed by atoms with Gasteiger partial charge in [-0.1, -0.05) is 34.9 Å². The maximum atomic E-state index is 9.50. The maximum Gasteiger partial charge on any atom is 0.175 e. The van der Waals surface area contributed by atoms with Gasteiger partial charge in [0.15, 0.2) is 8.68 Å². The van der Waals surface area contributed by atoms with Gasteiger partial charge in [0.1, 0.15) is 0 Å². The fraction of sp³-hybridized carbons (Fsp3) is 0.750. The van der Waals surface area contributed by atoms with Crippen LogP contribution in [-0.2, 0) is 0 Å². The number of aromatic nitrogens is 2. The summed E-state index contributed by atoms with van der Waals surface area (Å²) in [5, 5.41) is 17.5. The molecule has 1 aromatic rings. The van der Waals surface area contributed by atoms with E-state index in [4.69, 9.17) is 0 Å². The third-order valence-corrected chi connectivity index (χ3v) is 4.54. The molecule has 0 aliphatic heterocycles. The van der Waals surface area contributed by atoms with Gasteiger partial charge in [0.25, 0.3) is 0 Å². The quantitative estimate of drug-likeness (QED) is 0.814. The first-order valence-corrected chi connectivity index (χ1v) is 7.26. The van der Waals surface area contributed by atoms with Crippen molar-refractivity contribution in [2.75, 3.05) is 12.0 Å². The highest BCUT2D eigenvalue weighted by molar-refractivity contribution is 8.02. The maximum absolute atomic E-state index is 9.50. The number of hydrogen-bond donors (Lipinski definition) is 1. The van der Waals surface area contributed by atoms with Crippen molar-refractivity contribution in [3.63, 3.8) is 0 Å². The highest BCUT2D eigenvalue weighted by Gasteiger charge is 2.12. The molecule has 80 valence electrons. The summed E-state index contributed by atoms with van der Waals surface area (Å²) in [5.74, 6) is 0.881. The largest absolute Gasteiger partial charge is 0.390 e. The third-order valence-electron chi connectivity index (χ3n) is 1.50. The molecule has 0 aliphatic carbocycles. The molecule has 0 saturated carbocycles. The molecular formula is C8H14N2OS3. The first-order valence-electron chi connectivity index (χ1n) is 4.24. The molecule has 1 aromatic heterocycles. The van der Waals surface area contributed by atoms with Crippen molar-refractivity contribution in [2.45, 2.75) is 34.5 Å². The summed E-state index contributed by atoms with van der Waals surface area (Å²) in [5.41, 5.74) is -0.583. The first kappa shape index (κ1) is 12.3. The molecule has 1 N–H and O–H groups in total. The Morgan fingerprint density at radius 1 is 1.36 bits per heavy atom. The van der Waals surface area contributed by atoms with Gasteiger partial charge in [0, 0.05) is 5.75 Å². The van der Waals surface area contributed by atoms with Crippen LogP contribution in [0, 0.1) is 0 Å². The average Bonchev–Trinajstić information content (AvgIpc) is 2.50. The Balaban J connectivity index is 2.31. The van der Waals surface area contributed by atoms with Gasteiger partial charge in [-0.2, -0.15) is 0 Å². The molecule has 3 nitrogen and oxygen atoms in total. The Morgan fingerprint density at radius 3 is 2.50 bits per heavy atom. The van der Waals surface area contributed by atoms with Crippen LogP contribution in [0.2, 0.25) is 0 Å². The summed E-state index contributed by atoms with van der Waals surface area (Å²) in [6, 6.07) is 0. The van der Waals surface area contributed by atoms with E-state index in [0.29, 0.717) is 0 Å². The smallest absolute Gasteiger partial charge is 0.175 e. The van der Waals surface area contributed by atoms with E-state index in [1.807, 2.05) is 20.1 Å². The van der Waals surface area contributed by atoms with Crippen LogP contribution >= 0.6 is 34.9 Å². The normalized spacial score (nSPS) is 12.0. The third kappa shape index (κ3) is 4.63. The Labute approximate surface area is 96.7 Å². The number of rotatable bonds is 5. The fourth-order valence-corrected chi connectivity index (χ4v) is 3.49. The molecule has 0 amide bonds. The van der Waals surface area contributed by atoms with Crippen LogP contribution in [-0.4, -0.2) is 32.9 Å².